The third-order valence-corrected chi connectivity index (χ3v) is 3.62. The second-order valence-corrected chi connectivity index (χ2v) is 5.46. The van der Waals surface area contributed by atoms with Crippen LogP contribution in [0.1, 0.15) is 5.56 Å². The number of nitrogens with zero attached hydrogens (tertiary/aromatic N) is 2. The summed E-state index contributed by atoms with van der Waals surface area (Å²) in [6.45, 7) is 0. The zero-order valence-electron chi connectivity index (χ0n) is 13.5. The number of fused-ring (bicyclic) bond motifs is 1. The average molecular weight is 350 g/mol. The molecule has 130 valence electrons. The van der Waals surface area contributed by atoms with Gasteiger partial charge in [0.15, 0.2) is 0 Å². The lowest BCUT2D eigenvalue weighted by atomic mass is 10.2. The summed E-state index contributed by atoms with van der Waals surface area (Å²) in [7, 11) is 0. The molecule has 0 spiro atoms. The van der Waals surface area contributed by atoms with Crippen LogP contribution in [0.4, 0.5) is 17.1 Å². The normalized spacial score (nSPS) is 15.8. The van der Waals surface area contributed by atoms with Crippen molar-refractivity contribution in [1.29, 1.82) is 0 Å². The number of hydrogen-bond acceptors (Lipinski definition) is 5. The Kier molecular flexibility index (Phi) is 4.84. The number of nitrogens with one attached hydrogen (secondary N) is 2. The number of benzene rings is 2. The molecule has 2 aromatic carbocycles. The first-order chi connectivity index (χ1) is 12.5. The van der Waals surface area contributed by atoms with Crippen molar-refractivity contribution in [2.24, 2.45) is 4.99 Å². The Labute approximate surface area is 148 Å². The van der Waals surface area contributed by atoms with Crippen molar-refractivity contribution < 1.29 is 14.5 Å². The zero-order valence-corrected chi connectivity index (χ0v) is 13.5. The molecule has 0 unspecified atom stereocenters. The van der Waals surface area contributed by atoms with Crippen molar-refractivity contribution in [3.05, 3.63) is 70.3 Å². The SMILES string of the molecule is O=C(/C=C\c1ccccc1)N[C@H]1C=Nc2ccc([N+](=O)[O-])cc2NC1=O. The van der Waals surface area contributed by atoms with Gasteiger partial charge in [0.25, 0.3) is 11.6 Å². The zero-order chi connectivity index (χ0) is 18.5. The second kappa shape index (κ2) is 7.39. The van der Waals surface area contributed by atoms with Crippen LogP contribution in [-0.2, 0) is 9.59 Å². The molecular weight excluding hydrogens is 336 g/mol. The number of non-ortho nitro benzene ring substituents is 1. The number of anilines is 1. The molecule has 0 aliphatic carbocycles. The van der Waals surface area contributed by atoms with Crippen LogP contribution < -0.4 is 10.6 Å². The first kappa shape index (κ1) is 17.0. The largest absolute Gasteiger partial charge is 0.336 e. The molecule has 0 aromatic heterocycles. The Morgan fingerprint density at radius 2 is 2.00 bits per heavy atom. The molecule has 2 N–H and O–H groups in total. The molecule has 0 fully saturated rings. The highest BCUT2D eigenvalue weighted by molar-refractivity contribution is 6.11. The number of nitro groups is 1. The van der Waals surface area contributed by atoms with Crippen molar-refractivity contribution in [3.8, 4) is 0 Å². The maximum Gasteiger partial charge on any atom is 0.271 e. The van der Waals surface area contributed by atoms with Crippen molar-refractivity contribution in [2.75, 3.05) is 5.32 Å². The van der Waals surface area contributed by atoms with E-state index in [0.717, 1.165) is 5.56 Å². The van der Waals surface area contributed by atoms with E-state index >= 15 is 0 Å². The fourth-order valence-corrected chi connectivity index (χ4v) is 2.32. The van der Waals surface area contributed by atoms with Crippen LogP contribution in [0.25, 0.3) is 6.08 Å². The highest BCUT2D eigenvalue weighted by Crippen LogP contribution is 2.30. The van der Waals surface area contributed by atoms with Gasteiger partial charge in [0.05, 0.1) is 16.3 Å². The molecule has 1 atom stereocenters. The van der Waals surface area contributed by atoms with Crippen LogP contribution >= 0.6 is 0 Å². The molecule has 1 aliphatic heterocycles. The first-order valence-corrected chi connectivity index (χ1v) is 7.70. The summed E-state index contributed by atoms with van der Waals surface area (Å²) in [6.07, 6.45) is 4.24. The number of amides is 2. The van der Waals surface area contributed by atoms with Crippen LogP contribution in [0.15, 0.2) is 59.6 Å². The van der Waals surface area contributed by atoms with E-state index in [0.29, 0.717) is 5.69 Å². The summed E-state index contributed by atoms with van der Waals surface area (Å²) in [5, 5.41) is 15.9. The lowest BCUT2D eigenvalue weighted by Gasteiger charge is -2.11. The summed E-state index contributed by atoms with van der Waals surface area (Å²) >= 11 is 0. The number of carbonyl (C=O) groups excluding carboxylic acids is 2. The molecule has 2 amide bonds. The molecule has 26 heavy (non-hydrogen) atoms. The van der Waals surface area contributed by atoms with Gasteiger partial charge >= 0.3 is 0 Å². The Hall–Kier alpha value is -3.81. The number of nitro benzene ring substituents is 1. The minimum absolute atomic E-state index is 0.160. The van der Waals surface area contributed by atoms with E-state index in [1.807, 2.05) is 30.3 Å². The van der Waals surface area contributed by atoms with Gasteiger partial charge < -0.3 is 10.6 Å². The van der Waals surface area contributed by atoms with Crippen LogP contribution in [0.5, 0.6) is 0 Å². The second-order valence-electron chi connectivity index (χ2n) is 5.46. The molecular formula is C18H14N4O4. The third kappa shape index (κ3) is 3.99. The number of hydrogen-bond donors (Lipinski definition) is 2. The summed E-state index contributed by atoms with van der Waals surface area (Å²) in [5.74, 6) is -0.994. The van der Waals surface area contributed by atoms with Crippen molar-refractivity contribution in [1.82, 2.24) is 5.32 Å². The number of carbonyl (C=O) groups is 2. The first-order valence-electron chi connectivity index (χ1n) is 7.70. The van der Waals surface area contributed by atoms with E-state index in [-0.39, 0.29) is 11.4 Å². The minimum atomic E-state index is -0.991. The van der Waals surface area contributed by atoms with Gasteiger partial charge in [0.1, 0.15) is 6.04 Å². The molecule has 8 nitrogen and oxygen atoms in total. The van der Waals surface area contributed by atoms with Crippen molar-refractivity contribution in [2.45, 2.75) is 6.04 Å². The minimum Gasteiger partial charge on any atom is -0.336 e. The van der Waals surface area contributed by atoms with E-state index in [9.17, 15) is 19.7 Å². The predicted octanol–water partition coefficient (Wildman–Crippen LogP) is 2.45. The van der Waals surface area contributed by atoms with Gasteiger partial charge in [-0.3, -0.25) is 24.7 Å². The van der Waals surface area contributed by atoms with Crippen LogP contribution in [-0.4, -0.2) is 29.0 Å². The van der Waals surface area contributed by atoms with Crippen molar-refractivity contribution >= 4 is 41.2 Å². The van der Waals surface area contributed by atoms with Crippen LogP contribution in [0.2, 0.25) is 0 Å². The Bertz CT molecular complexity index is 922. The van der Waals surface area contributed by atoms with Gasteiger partial charge in [-0.1, -0.05) is 30.3 Å². The Morgan fingerprint density at radius 1 is 1.23 bits per heavy atom. The summed E-state index contributed by atoms with van der Waals surface area (Å²) in [5.41, 5.74) is 1.28. The van der Waals surface area contributed by atoms with E-state index in [4.69, 9.17) is 0 Å². The van der Waals surface area contributed by atoms with E-state index in [1.165, 1.54) is 30.5 Å². The topological polar surface area (TPSA) is 114 Å². The van der Waals surface area contributed by atoms with Crippen LogP contribution in [0, 0.1) is 10.1 Å². The quantitative estimate of drug-likeness (QED) is 0.501. The summed E-state index contributed by atoms with van der Waals surface area (Å²) in [6, 6.07) is 12.2. The van der Waals surface area contributed by atoms with E-state index < -0.39 is 22.8 Å². The number of rotatable bonds is 4. The van der Waals surface area contributed by atoms with Gasteiger partial charge in [-0.25, -0.2) is 0 Å². The van der Waals surface area contributed by atoms with E-state index in [1.54, 1.807) is 6.08 Å². The maximum absolute atomic E-state index is 12.3. The molecule has 1 heterocycles. The fraction of sp³-hybridized carbons (Fsp3) is 0.0556. The van der Waals surface area contributed by atoms with Gasteiger partial charge in [-0.05, 0) is 17.7 Å². The third-order valence-electron chi connectivity index (χ3n) is 3.62. The van der Waals surface area contributed by atoms with Gasteiger partial charge in [-0.15, -0.1) is 0 Å². The summed E-state index contributed by atoms with van der Waals surface area (Å²) < 4.78 is 0. The highest BCUT2D eigenvalue weighted by Gasteiger charge is 2.23. The lowest BCUT2D eigenvalue weighted by molar-refractivity contribution is -0.384. The molecule has 0 bridgehead atoms. The molecule has 8 heteroatoms. The monoisotopic (exact) mass is 350 g/mol. The smallest absolute Gasteiger partial charge is 0.271 e. The molecule has 3 rings (SSSR count). The van der Waals surface area contributed by atoms with Gasteiger partial charge in [0, 0.05) is 24.4 Å². The van der Waals surface area contributed by atoms with Gasteiger partial charge in [-0.2, -0.15) is 0 Å². The standard InChI is InChI=1S/C18H14N4O4/c23-17(9-6-12-4-2-1-3-5-12)20-16-11-19-14-8-7-13(22(25)26)10-15(14)21-18(16)24/h1-11,16H,(H,20,23)(H,21,24)/b9-6-/t16-/m0/s1. The highest BCUT2D eigenvalue weighted by atomic mass is 16.6. The van der Waals surface area contributed by atoms with Crippen molar-refractivity contribution in [3.63, 3.8) is 0 Å². The fourth-order valence-electron chi connectivity index (χ4n) is 2.32. The maximum atomic E-state index is 12.3. The van der Waals surface area contributed by atoms with E-state index in [2.05, 4.69) is 15.6 Å². The molecule has 0 radical (unpaired) electrons. The Balaban J connectivity index is 1.70. The average Bonchev–Trinajstić information content (AvgIpc) is 2.79. The van der Waals surface area contributed by atoms with Crippen LogP contribution in [0.3, 0.4) is 0 Å². The number of aliphatic imine (C=N–C) groups is 1. The molecule has 0 saturated carbocycles. The molecule has 1 aliphatic rings. The molecule has 2 aromatic rings. The lowest BCUT2D eigenvalue weighted by Crippen LogP contribution is -2.43. The summed E-state index contributed by atoms with van der Waals surface area (Å²) in [4.78, 5) is 38.7. The Morgan fingerprint density at radius 3 is 2.73 bits per heavy atom. The van der Waals surface area contributed by atoms with Gasteiger partial charge in [0.2, 0.25) is 5.91 Å². The predicted molar refractivity (Wildman–Crippen MR) is 97.3 cm³/mol. The molecule has 0 saturated heterocycles.